The Balaban J connectivity index is 2.17. The molecule has 152 valence electrons. The van der Waals surface area contributed by atoms with Gasteiger partial charge < -0.3 is 26.3 Å². The monoisotopic (exact) mass is 394 g/mol. The lowest BCUT2D eigenvalue weighted by atomic mass is 10.1. The molecule has 3 rings (SSSR count). The maximum Gasteiger partial charge on any atom is 0.252 e. The lowest BCUT2D eigenvalue weighted by Gasteiger charge is -2.17. The number of pyridine rings is 1. The Morgan fingerprint density at radius 3 is 2.69 bits per heavy atom. The average molecular weight is 394 g/mol. The fourth-order valence-corrected chi connectivity index (χ4v) is 3.14. The zero-order chi connectivity index (χ0) is 20.8. The molecule has 0 saturated heterocycles. The summed E-state index contributed by atoms with van der Waals surface area (Å²) >= 11 is 0. The van der Waals surface area contributed by atoms with E-state index in [9.17, 15) is 4.79 Å². The van der Waals surface area contributed by atoms with Crippen LogP contribution < -0.4 is 26.3 Å². The molecule has 0 aliphatic rings. The van der Waals surface area contributed by atoms with E-state index in [1.54, 1.807) is 13.2 Å². The van der Waals surface area contributed by atoms with Crippen molar-refractivity contribution < 1.29 is 14.3 Å². The van der Waals surface area contributed by atoms with Crippen LogP contribution in [-0.4, -0.2) is 31.2 Å². The van der Waals surface area contributed by atoms with Crippen LogP contribution in [0, 0.1) is 0 Å². The molecule has 2 aromatic carbocycles. The molecule has 0 fully saturated rings. The average Bonchev–Trinajstić information content (AvgIpc) is 2.73. The molecule has 1 aromatic heterocycles. The highest BCUT2D eigenvalue weighted by Crippen LogP contribution is 2.37. The minimum absolute atomic E-state index is 0.307. The van der Waals surface area contributed by atoms with Crippen LogP contribution in [-0.2, 0) is 6.42 Å². The third-order valence-electron chi connectivity index (χ3n) is 4.68. The maximum atomic E-state index is 12.1. The summed E-state index contributed by atoms with van der Waals surface area (Å²) in [4.78, 5) is 16.5. The number of carbonyl (C=O) groups is 1. The smallest absolute Gasteiger partial charge is 0.252 e. The second-order valence-electron chi connectivity index (χ2n) is 6.56. The fraction of sp³-hybridized carbons (Fsp3) is 0.273. The number of nitrogens with two attached hydrogens (primary N) is 2. The zero-order valence-corrected chi connectivity index (χ0v) is 16.7. The molecular weight excluding hydrogens is 368 g/mol. The summed E-state index contributed by atoms with van der Waals surface area (Å²) in [5, 5.41) is 4.11. The number of carbonyl (C=O) groups excluding carboxylic acids is 1. The number of hydrogen-bond acceptors (Lipinski definition) is 6. The first kappa shape index (κ1) is 20.4. The van der Waals surface area contributed by atoms with Crippen LogP contribution in [0.4, 0.5) is 11.4 Å². The standard InChI is InChI=1S/C22H26N4O3/c1-3-14-7-4-5-8-17(14)26-21-15-11-20(29-10-6-9-23)19(28-2)12-18(15)25-13-16(21)22(24)27/h4-5,7-8,11-13H,3,6,9-10,23H2,1-2H3,(H2,24,27)(H,25,26). The predicted octanol–water partition coefficient (Wildman–Crippen LogP) is 3.38. The van der Waals surface area contributed by atoms with Crippen LogP contribution in [0.2, 0.25) is 0 Å². The first-order valence-electron chi connectivity index (χ1n) is 9.57. The Labute approximate surface area is 170 Å². The second kappa shape index (κ2) is 9.25. The van der Waals surface area contributed by atoms with Crippen molar-refractivity contribution in [1.82, 2.24) is 4.98 Å². The largest absolute Gasteiger partial charge is 0.493 e. The van der Waals surface area contributed by atoms with Crippen LogP contribution >= 0.6 is 0 Å². The number of benzene rings is 2. The van der Waals surface area contributed by atoms with E-state index in [0.717, 1.165) is 29.5 Å². The van der Waals surface area contributed by atoms with Crippen molar-refractivity contribution >= 4 is 28.2 Å². The quantitative estimate of drug-likeness (QED) is 0.480. The third-order valence-corrected chi connectivity index (χ3v) is 4.68. The zero-order valence-electron chi connectivity index (χ0n) is 16.7. The number of primary amides is 1. The minimum Gasteiger partial charge on any atom is -0.493 e. The third kappa shape index (κ3) is 4.41. The number of ether oxygens (including phenoxy) is 2. The number of nitrogens with zero attached hydrogens (tertiary/aromatic N) is 1. The van der Waals surface area contributed by atoms with Crippen molar-refractivity contribution in [3.8, 4) is 11.5 Å². The number of amides is 1. The Bertz CT molecular complexity index is 1020. The van der Waals surface area contributed by atoms with Gasteiger partial charge in [-0.1, -0.05) is 25.1 Å². The molecule has 7 nitrogen and oxygen atoms in total. The summed E-state index contributed by atoms with van der Waals surface area (Å²) in [5.74, 6) is 0.565. The lowest BCUT2D eigenvalue weighted by Crippen LogP contribution is -2.14. The molecule has 0 unspecified atom stereocenters. The van der Waals surface area contributed by atoms with E-state index < -0.39 is 5.91 Å². The summed E-state index contributed by atoms with van der Waals surface area (Å²) in [6.07, 6.45) is 3.05. The molecular formula is C22H26N4O3. The van der Waals surface area contributed by atoms with Gasteiger partial charge in [0.25, 0.3) is 5.91 Å². The minimum atomic E-state index is -0.558. The second-order valence-corrected chi connectivity index (χ2v) is 6.56. The SMILES string of the molecule is CCc1ccccc1Nc1c(C(N)=O)cnc2cc(OC)c(OCCCN)cc12. The van der Waals surface area contributed by atoms with Gasteiger partial charge in [-0.05, 0) is 37.1 Å². The Morgan fingerprint density at radius 2 is 2.00 bits per heavy atom. The van der Waals surface area contributed by atoms with Gasteiger partial charge in [-0.2, -0.15) is 0 Å². The number of aryl methyl sites for hydroxylation is 1. The lowest BCUT2D eigenvalue weighted by molar-refractivity contribution is 0.100. The highest BCUT2D eigenvalue weighted by molar-refractivity contribution is 6.08. The van der Waals surface area contributed by atoms with Crippen LogP contribution in [0.15, 0.2) is 42.6 Å². The summed E-state index contributed by atoms with van der Waals surface area (Å²) in [7, 11) is 1.57. The number of methoxy groups -OCH3 is 1. The molecule has 0 aliphatic carbocycles. The molecule has 1 heterocycles. The molecule has 7 heteroatoms. The van der Waals surface area contributed by atoms with Crippen LogP contribution in [0.25, 0.3) is 10.9 Å². The van der Waals surface area contributed by atoms with Gasteiger partial charge in [0.2, 0.25) is 0 Å². The Morgan fingerprint density at radius 1 is 1.21 bits per heavy atom. The molecule has 0 radical (unpaired) electrons. The van der Waals surface area contributed by atoms with Crippen molar-refractivity contribution in [2.75, 3.05) is 25.6 Å². The normalized spacial score (nSPS) is 10.7. The van der Waals surface area contributed by atoms with Crippen LogP contribution in [0.5, 0.6) is 11.5 Å². The number of anilines is 2. The van der Waals surface area contributed by atoms with Crippen molar-refractivity contribution in [3.05, 3.63) is 53.7 Å². The molecule has 1 amide bonds. The summed E-state index contributed by atoms with van der Waals surface area (Å²) in [6.45, 7) is 3.07. The molecule has 0 spiro atoms. The highest BCUT2D eigenvalue weighted by atomic mass is 16.5. The van der Waals surface area contributed by atoms with E-state index in [4.69, 9.17) is 20.9 Å². The van der Waals surface area contributed by atoms with Gasteiger partial charge in [0.05, 0.1) is 30.5 Å². The van der Waals surface area contributed by atoms with Crippen molar-refractivity contribution in [3.63, 3.8) is 0 Å². The van der Waals surface area contributed by atoms with Gasteiger partial charge in [0.15, 0.2) is 11.5 Å². The first-order valence-corrected chi connectivity index (χ1v) is 9.57. The van der Waals surface area contributed by atoms with E-state index >= 15 is 0 Å². The van der Waals surface area contributed by atoms with E-state index in [-0.39, 0.29) is 0 Å². The molecule has 0 atom stereocenters. The highest BCUT2D eigenvalue weighted by Gasteiger charge is 2.17. The number of nitrogens with one attached hydrogen (secondary N) is 1. The van der Waals surface area contributed by atoms with Crippen LogP contribution in [0.3, 0.4) is 0 Å². The Hall–Kier alpha value is -3.32. The number of rotatable bonds is 9. The van der Waals surface area contributed by atoms with Crippen molar-refractivity contribution in [2.45, 2.75) is 19.8 Å². The number of para-hydroxylation sites is 1. The van der Waals surface area contributed by atoms with Gasteiger partial charge in [-0.3, -0.25) is 9.78 Å². The van der Waals surface area contributed by atoms with Gasteiger partial charge >= 0.3 is 0 Å². The molecule has 5 N–H and O–H groups in total. The molecule has 0 aliphatic heterocycles. The van der Waals surface area contributed by atoms with E-state index in [0.29, 0.717) is 41.4 Å². The van der Waals surface area contributed by atoms with Gasteiger partial charge in [-0.25, -0.2) is 0 Å². The van der Waals surface area contributed by atoms with E-state index in [1.807, 2.05) is 30.3 Å². The van der Waals surface area contributed by atoms with Crippen molar-refractivity contribution in [2.24, 2.45) is 11.5 Å². The predicted molar refractivity (Wildman–Crippen MR) is 115 cm³/mol. The summed E-state index contributed by atoms with van der Waals surface area (Å²) < 4.78 is 11.3. The first-order chi connectivity index (χ1) is 14.1. The number of fused-ring (bicyclic) bond motifs is 1. The van der Waals surface area contributed by atoms with Crippen LogP contribution in [0.1, 0.15) is 29.3 Å². The van der Waals surface area contributed by atoms with E-state index in [2.05, 4.69) is 17.2 Å². The molecule has 0 bridgehead atoms. The number of aromatic nitrogens is 1. The number of hydrogen-bond donors (Lipinski definition) is 3. The topological polar surface area (TPSA) is 112 Å². The maximum absolute atomic E-state index is 12.1. The summed E-state index contributed by atoms with van der Waals surface area (Å²) in [5.41, 5.74) is 14.8. The van der Waals surface area contributed by atoms with Gasteiger partial charge in [-0.15, -0.1) is 0 Å². The fourth-order valence-electron chi connectivity index (χ4n) is 3.14. The van der Waals surface area contributed by atoms with Gasteiger partial charge in [0, 0.05) is 23.3 Å². The molecule has 29 heavy (non-hydrogen) atoms. The van der Waals surface area contributed by atoms with Crippen molar-refractivity contribution in [1.29, 1.82) is 0 Å². The summed E-state index contributed by atoms with van der Waals surface area (Å²) in [6, 6.07) is 11.5. The molecule has 0 saturated carbocycles. The van der Waals surface area contributed by atoms with Gasteiger partial charge in [0.1, 0.15) is 0 Å². The Kier molecular flexibility index (Phi) is 6.51. The van der Waals surface area contributed by atoms with E-state index in [1.165, 1.54) is 6.20 Å². The molecule has 3 aromatic rings.